The third kappa shape index (κ3) is 1.13. The van der Waals surface area contributed by atoms with Crippen LogP contribution in [0.25, 0.3) is 0 Å². The van der Waals surface area contributed by atoms with E-state index in [2.05, 4.69) is 4.98 Å². The van der Waals surface area contributed by atoms with Gasteiger partial charge in [0.15, 0.2) is 0 Å². The number of aryl methyl sites for hydroxylation is 2. The third-order valence-electron chi connectivity index (χ3n) is 1.42. The number of aliphatic hydroxyl groups is 1. The standard InChI is InChI=1S/C7H11NO/c1-5-3-6(2)8-7(5)4-9/h3,8-9H,4H2,1-2H3. The van der Waals surface area contributed by atoms with Gasteiger partial charge in [-0.1, -0.05) is 0 Å². The van der Waals surface area contributed by atoms with Gasteiger partial charge in [-0.3, -0.25) is 0 Å². The molecule has 0 aliphatic heterocycles. The first kappa shape index (κ1) is 6.36. The zero-order chi connectivity index (χ0) is 6.85. The van der Waals surface area contributed by atoms with Crippen molar-refractivity contribution in [2.45, 2.75) is 20.5 Å². The number of aromatic nitrogens is 1. The van der Waals surface area contributed by atoms with Crippen molar-refractivity contribution in [2.24, 2.45) is 0 Å². The fourth-order valence-corrected chi connectivity index (χ4v) is 0.949. The van der Waals surface area contributed by atoms with E-state index in [1.54, 1.807) is 0 Å². The zero-order valence-corrected chi connectivity index (χ0v) is 5.73. The Bertz CT molecular complexity index is 203. The molecule has 0 saturated heterocycles. The van der Waals surface area contributed by atoms with Crippen molar-refractivity contribution in [3.05, 3.63) is 23.0 Å². The van der Waals surface area contributed by atoms with Crippen molar-refractivity contribution in [2.75, 3.05) is 0 Å². The predicted molar refractivity (Wildman–Crippen MR) is 36.2 cm³/mol. The summed E-state index contributed by atoms with van der Waals surface area (Å²) in [5.41, 5.74) is 3.17. The molecule has 0 spiro atoms. The number of aromatic amines is 1. The minimum Gasteiger partial charge on any atom is -0.390 e. The van der Waals surface area contributed by atoms with E-state index >= 15 is 0 Å². The summed E-state index contributed by atoms with van der Waals surface area (Å²) in [7, 11) is 0. The lowest BCUT2D eigenvalue weighted by Gasteiger charge is -1.89. The van der Waals surface area contributed by atoms with Crippen LogP contribution in [0.3, 0.4) is 0 Å². The summed E-state index contributed by atoms with van der Waals surface area (Å²) in [4.78, 5) is 3.04. The second-order valence-electron chi connectivity index (χ2n) is 2.27. The van der Waals surface area contributed by atoms with Gasteiger partial charge in [0, 0.05) is 11.4 Å². The molecule has 9 heavy (non-hydrogen) atoms. The van der Waals surface area contributed by atoms with Crippen molar-refractivity contribution >= 4 is 0 Å². The molecule has 2 N–H and O–H groups in total. The molecule has 0 amide bonds. The van der Waals surface area contributed by atoms with E-state index < -0.39 is 0 Å². The van der Waals surface area contributed by atoms with Crippen LogP contribution < -0.4 is 0 Å². The van der Waals surface area contributed by atoms with Gasteiger partial charge in [0.1, 0.15) is 0 Å². The Morgan fingerprint density at radius 3 is 2.44 bits per heavy atom. The van der Waals surface area contributed by atoms with Crippen LogP contribution in [-0.2, 0) is 6.61 Å². The number of rotatable bonds is 1. The Labute approximate surface area is 54.5 Å². The lowest BCUT2D eigenvalue weighted by Crippen LogP contribution is -1.84. The van der Waals surface area contributed by atoms with E-state index in [0.717, 1.165) is 17.0 Å². The van der Waals surface area contributed by atoms with Gasteiger partial charge in [0.05, 0.1) is 6.61 Å². The molecule has 0 bridgehead atoms. The Morgan fingerprint density at radius 2 is 2.22 bits per heavy atom. The predicted octanol–water partition coefficient (Wildman–Crippen LogP) is 1.12. The first-order chi connectivity index (χ1) is 4.24. The summed E-state index contributed by atoms with van der Waals surface area (Å²) >= 11 is 0. The van der Waals surface area contributed by atoms with Gasteiger partial charge in [-0.15, -0.1) is 0 Å². The lowest BCUT2D eigenvalue weighted by atomic mass is 10.3. The van der Waals surface area contributed by atoms with Crippen LogP contribution in [0.5, 0.6) is 0 Å². The highest BCUT2D eigenvalue weighted by Gasteiger charge is 1.97. The number of H-pyrrole nitrogens is 1. The van der Waals surface area contributed by atoms with E-state index in [4.69, 9.17) is 5.11 Å². The fourth-order valence-electron chi connectivity index (χ4n) is 0.949. The van der Waals surface area contributed by atoms with Crippen LogP contribution in [-0.4, -0.2) is 10.1 Å². The van der Waals surface area contributed by atoms with Crippen molar-refractivity contribution in [1.82, 2.24) is 4.98 Å². The molecule has 0 atom stereocenters. The molecular formula is C7H11NO. The Hall–Kier alpha value is -0.760. The minimum absolute atomic E-state index is 0.111. The van der Waals surface area contributed by atoms with E-state index in [9.17, 15) is 0 Å². The molecule has 0 fully saturated rings. The van der Waals surface area contributed by atoms with Crippen LogP contribution in [0.4, 0.5) is 0 Å². The van der Waals surface area contributed by atoms with E-state index in [0.29, 0.717) is 0 Å². The van der Waals surface area contributed by atoms with Gasteiger partial charge in [0.2, 0.25) is 0 Å². The van der Waals surface area contributed by atoms with Crippen molar-refractivity contribution in [3.8, 4) is 0 Å². The lowest BCUT2D eigenvalue weighted by molar-refractivity contribution is 0.276. The average Bonchev–Trinajstić information content (AvgIpc) is 2.10. The molecule has 50 valence electrons. The molecular weight excluding hydrogens is 114 g/mol. The SMILES string of the molecule is Cc1cc(C)c(CO)[nH]1. The fraction of sp³-hybridized carbons (Fsp3) is 0.429. The van der Waals surface area contributed by atoms with Gasteiger partial charge >= 0.3 is 0 Å². The molecule has 1 aromatic heterocycles. The molecule has 1 heterocycles. The summed E-state index contributed by atoms with van der Waals surface area (Å²) < 4.78 is 0. The van der Waals surface area contributed by atoms with Gasteiger partial charge in [-0.25, -0.2) is 0 Å². The number of hydrogen-bond donors (Lipinski definition) is 2. The number of nitrogens with one attached hydrogen (secondary N) is 1. The van der Waals surface area contributed by atoms with Gasteiger partial charge in [-0.2, -0.15) is 0 Å². The summed E-state index contributed by atoms with van der Waals surface area (Å²) in [6.07, 6.45) is 0. The molecule has 2 heteroatoms. The highest BCUT2D eigenvalue weighted by Crippen LogP contribution is 2.07. The second kappa shape index (κ2) is 2.23. The maximum Gasteiger partial charge on any atom is 0.0833 e. The summed E-state index contributed by atoms with van der Waals surface area (Å²) in [6, 6.07) is 2.02. The van der Waals surface area contributed by atoms with E-state index in [1.165, 1.54) is 0 Å². The van der Waals surface area contributed by atoms with E-state index in [1.807, 2.05) is 19.9 Å². The highest BCUT2D eigenvalue weighted by atomic mass is 16.3. The van der Waals surface area contributed by atoms with Crippen molar-refractivity contribution in [3.63, 3.8) is 0 Å². The average molecular weight is 125 g/mol. The van der Waals surface area contributed by atoms with Crippen LogP contribution in [0, 0.1) is 13.8 Å². The Kier molecular flexibility index (Phi) is 1.58. The van der Waals surface area contributed by atoms with Crippen LogP contribution in [0.2, 0.25) is 0 Å². The second-order valence-corrected chi connectivity index (χ2v) is 2.27. The molecule has 0 unspecified atom stereocenters. The summed E-state index contributed by atoms with van der Waals surface area (Å²) in [6.45, 7) is 4.07. The van der Waals surface area contributed by atoms with Crippen LogP contribution in [0.1, 0.15) is 17.0 Å². The number of hydrogen-bond acceptors (Lipinski definition) is 1. The molecule has 0 aliphatic rings. The Balaban J connectivity index is 3.01. The normalized spacial score (nSPS) is 10.1. The molecule has 1 rings (SSSR count). The maximum absolute atomic E-state index is 8.70. The topological polar surface area (TPSA) is 36.0 Å². The molecule has 0 aromatic carbocycles. The van der Waals surface area contributed by atoms with Gasteiger partial charge in [-0.05, 0) is 25.5 Å². The smallest absolute Gasteiger partial charge is 0.0833 e. The van der Waals surface area contributed by atoms with Crippen LogP contribution >= 0.6 is 0 Å². The van der Waals surface area contributed by atoms with Crippen molar-refractivity contribution < 1.29 is 5.11 Å². The molecule has 0 saturated carbocycles. The third-order valence-corrected chi connectivity index (χ3v) is 1.42. The zero-order valence-electron chi connectivity index (χ0n) is 5.73. The molecule has 0 aliphatic carbocycles. The minimum atomic E-state index is 0.111. The molecule has 0 radical (unpaired) electrons. The summed E-state index contributed by atoms with van der Waals surface area (Å²) in [5, 5.41) is 8.70. The largest absolute Gasteiger partial charge is 0.390 e. The maximum atomic E-state index is 8.70. The van der Waals surface area contributed by atoms with Gasteiger partial charge in [0.25, 0.3) is 0 Å². The molecule has 2 nitrogen and oxygen atoms in total. The summed E-state index contributed by atoms with van der Waals surface area (Å²) in [5.74, 6) is 0. The quantitative estimate of drug-likeness (QED) is 0.579. The first-order valence-electron chi connectivity index (χ1n) is 3.00. The van der Waals surface area contributed by atoms with Crippen LogP contribution in [0.15, 0.2) is 6.07 Å². The highest BCUT2D eigenvalue weighted by molar-refractivity contribution is 5.22. The Morgan fingerprint density at radius 1 is 1.56 bits per heavy atom. The first-order valence-corrected chi connectivity index (χ1v) is 3.00. The monoisotopic (exact) mass is 125 g/mol. The molecule has 1 aromatic rings. The van der Waals surface area contributed by atoms with Gasteiger partial charge < -0.3 is 10.1 Å². The van der Waals surface area contributed by atoms with E-state index in [-0.39, 0.29) is 6.61 Å². The van der Waals surface area contributed by atoms with Crippen molar-refractivity contribution in [1.29, 1.82) is 0 Å². The number of aliphatic hydroxyl groups excluding tert-OH is 1.